The molecule has 28 heavy (non-hydrogen) atoms. The summed E-state index contributed by atoms with van der Waals surface area (Å²) in [4.78, 5) is 41.1. The highest BCUT2D eigenvalue weighted by Gasteiger charge is 2.08. The van der Waals surface area contributed by atoms with Crippen LogP contribution in [0.4, 0.5) is 16.2 Å². The van der Waals surface area contributed by atoms with Gasteiger partial charge in [0.1, 0.15) is 4.83 Å². The lowest BCUT2D eigenvalue weighted by Gasteiger charge is -2.11. The number of urea groups is 1. The van der Waals surface area contributed by atoms with Crippen LogP contribution in [-0.4, -0.2) is 27.5 Å². The Kier molecular flexibility index (Phi) is 6.05. The van der Waals surface area contributed by atoms with Crippen LogP contribution in [0.3, 0.4) is 0 Å². The second kappa shape index (κ2) is 8.66. The number of thiophene rings is 1. The number of aromatic nitrogens is 2. The Morgan fingerprint density at radius 1 is 1.11 bits per heavy atom. The number of nitrogens with zero attached hydrogens (tertiary/aromatic N) is 2. The van der Waals surface area contributed by atoms with Gasteiger partial charge in [0, 0.05) is 30.4 Å². The quantitative estimate of drug-likeness (QED) is 0.592. The smallest absolute Gasteiger partial charge is 0.319 e. The summed E-state index contributed by atoms with van der Waals surface area (Å²) < 4.78 is 1.44. The van der Waals surface area contributed by atoms with Crippen LogP contribution in [0.5, 0.6) is 0 Å². The lowest BCUT2D eigenvalue weighted by Crippen LogP contribution is -2.34. The highest BCUT2D eigenvalue weighted by Crippen LogP contribution is 2.15. The molecule has 0 fully saturated rings. The molecule has 0 atom stereocenters. The van der Waals surface area contributed by atoms with Gasteiger partial charge in [0.15, 0.2) is 0 Å². The molecule has 0 aliphatic rings. The molecule has 3 N–H and O–H groups in total. The lowest BCUT2D eigenvalue weighted by atomic mass is 10.2. The van der Waals surface area contributed by atoms with Crippen molar-refractivity contribution in [1.82, 2.24) is 14.9 Å². The van der Waals surface area contributed by atoms with Crippen LogP contribution < -0.4 is 21.5 Å². The Morgan fingerprint density at radius 3 is 2.46 bits per heavy atom. The van der Waals surface area contributed by atoms with Gasteiger partial charge in [-0.2, -0.15) is 0 Å². The Balaban J connectivity index is 1.53. The molecule has 8 nitrogen and oxygen atoms in total. The monoisotopic (exact) mass is 399 g/mol. The molecule has 2 aromatic heterocycles. The fourth-order valence-corrected chi connectivity index (χ4v) is 3.29. The van der Waals surface area contributed by atoms with Crippen LogP contribution in [-0.2, 0) is 11.3 Å². The molecule has 146 valence electrons. The molecule has 0 unspecified atom stereocenters. The van der Waals surface area contributed by atoms with Gasteiger partial charge < -0.3 is 16.0 Å². The van der Waals surface area contributed by atoms with Crippen LogP contribution in [0, 0.1) is 0 Å². The normalized spacial score (nSPS) is 10.8. The van der Waals surface area contributed by atoms with Gasteiger partial charge in [0.05, 0.1) is 11.7 Å². The number of hydrogen-bond acceptors (Lipinski definition) is 5. The zero-order chi connectivity index (χ0) is 20.1. The molecule has 2 heterocycles. The number of fused-ring (bicyclic) bond motifs is 1. The van der Waals surface area contributed by atoms with Gasteiger partial charge in [-0.05, 0) is 49.6 Å². The molecule has 0 spiro atoms. The molecule has 1 aromatic carbocycles. The zero-order valence-corrected chi connectivity index (χ0v) is 16.4. The Bertz CT molecular complexity index is 1040. The van der Waals surface area contributed by atoms with Gasteiger partial charge in [0.2, 0.25) is 5.91 Å². The van der Waals surface area contributed by atoms with Crippen LogP contribution in [0.1, 0.15) is 20.3 Å². The first-order valence-electron chi connectivity index (χ1n) is 8.82. The van der Waals surface area contributed by atoms with Gasteiger partial charge in [-0.15, -0.1) is 11.3 Å². The van der Waals surface area contributed by atoms with Crippen molar-refractivity contribution >= 4 is 44.9 Å². The maximum Gasteiger partial charge on any atom is 0.319 e. The second-order valence-electron chi connectivity index (χ2n) is 6.51. The summed E-state index contributed by atoms with van der Waals surface area (Å²) in [6.07, 6.45) is 1.62. The third-order valence-electron chi connectivity index (χ3n) is 3.88. The predicted molar refractivity (Wildman–Crippen MR) is 111 cm³/mol. The van der Waals surface area contributed by atoms with Gasteiger partial charge in [-0.3, -0.25) is 14.2 Å². The van der Waals surface area contributed by atoms with Crippen molar-refractivity contribution in [3.05, 3.63) is 52.4 Å². The third kappa shape index (κ3) is 4.95. The molecule has 0 radical (unpaired) electrons. The van der Waals surface area contributed by atoms with Crippen molar-refractivity contribution < 1.29 is 9.59 Å². The number of anilines is 2. The number of nitrogens with one attached hydrogen (secondary N) is 3. The molecular formula is C19H21N5O3S. The van der Waals surface area contributed by atoms with Crippen LogP contribution in [0.25, 0.3) is 10.2 Å². The maximum absolute atomic E-state index is 12.3. The van der Waals surface area contributed by atoms with E-state index in [4.69, 9.17) is 0 Å². The van der Waals surface area contributed by atoms with Crippen LogP contribution in [0.15, 0.2) is 46.8 Å². The SMILES string of the molecule is CC(C)NC(=O)Nc1ccc(NC(=O)CCn2cnc3sccc3c2=O)cc1. The van der Waals surface area contributed by atoms with E-state index >= 15 is 0 Å². The van der Waals surface area contributed by atoms with Crippen LogP contribution >= 0.6 is 11.3 Å². The summed E-state index contributed by atoms with van der Waals surface area (Å²) in [6.45, 7) is 4.00. The number of amides is 3. The topological polar surface area (TPSA) is 105 Å². The van der Waals surface area contributed by atoms with Crippen molar-refractivity contribution in [2.75, 3.05) is 10.6 Å². The van der Waals surface area contributed by atoms with E-state index in [-0.39, 0.29) is 36.5 Å². The third-order valence-corrected chi connectivity index (χ3v) is 4.70. The van der Waals surface area contributed by atoms with Crippen molar-refractivity contribution in [3.63, 3.8) is 0 Å². The largest absolute Gasteiger partial charge is 0.336 e. The summed E-state index contributed by atoms with van der Waals surface area (Å²) in [7, 11) is 0. The highest BCUT2D eigenvalue weighted by molar-refractivity contribution is 7.16. The molecule has 0 aliphatic carbocycles. The number of carbonyl (C=O) groups excluding carboxylic acids is 2. The Hall–Kier alpha value is -3.20. The van der Waals surface area contributed by atoms with Gasteiger partial charge in [0.25, 0.3) is 5.56 Å². The fraction of sp³-hybridized carbons (Fsp3) is 0.263. The van der Waals surface area contributed by atoms with Crippen LogP contribution in [0.2, 0.25) is 0 Å². The maximum atomic E-state index is 12.3. The molecule has 0 aliphatic heterocycles. The molecule has 0 bridgehead atoms. The molecule has 3 rings (SSSR count). The van der Waals surface area contributed by atoms with E-state index in [1.54, 1.807) is 30.3 Å². The first kappa shape index (κ1) is 19.6. The summed E-state index contributed by atoms with van der Waals surface area (Å²) in [5.41, 5.74) is 1.09. The van der Waals surface area contributed by atoms with E-state index in [1.165, 1.54) is 22.2 Å². The number of aryl methyl sites for hydroxylation is 1. The minimum atomic E-state index is -0.284. The summed E-state index contributed by atoms with van der Waals surface area (Å²) in [5, 5.41) is 10.6. The molecule has 9 heteroatoms. The molecule has 0 saturated heterocycles. The van der Waals surface area contributed by atoms with E-state index in [0.717, 1.165) is 0 Å². The number of carbonyl (C=O) groups is 2. The van der Waals surface area contributed by atoms with E-state index in [1.807, 2.05) is 19.2 Å². The Labute approximate surface area is 165 Å². The summed E-state index contributed by atoms with van der Waals surface area (Å²) in [5.74, 6) is -0.212. The number of hydrogen-bond donors (Lipinski definition) is 3. The average Bonchev–Trinajstić information content (AvgIpc) is 3.12. The van der Waals surface area contributed by atoms with Crippen molar-refractivity contribution in [1.29, 1.82) is 0 Å². The minimum absolute atomic E-state index is 0.0433. The van der Waals surface area contributed by atoms with Gasteiger partial charge >= 0.3 is 6.03 Å². The Morgan fingerprint density at radius 2 is 1.79 bits per heavy atom. The van der Waals surface area contributed by atoms with Gasteiger partial charge in [-0.25, -0.2) is 9.78 Å². The fourth-order valence-electron chi connectivity index (χ4n) is 2.56. The summed E-state index contributed by atoms with van der Waals surface area (Å²) in [6, 6.07) is 8.31. The standard InChI is InChI=1S/C19H21N5O3S/c1-12(2)21-19(27)23-14-5-3-13(4-6-14)22-16(25)7-9-24-11-20-17-15(18(24)26)8-10-28-17/h3-6,8,10-12H,7,9H2,1-2H3,(H,22,25)(H2,21,23,27). The second-order valence-corrected chi connectivity index (χ2v) is 7.41. The number of rotatable bonds is 6. The molecular weight excluding hydrogens is 378 g/mol. The van der Waals surface area contributed by atoms with E-state index < -0.39 is 0 Å². The molecule has 3 amide bonds. The lowest BCUT2D eigenvalue weighted by molar-refractivity contribution is -0.116. The molecule has 0 saturated carbocycles. The average molecular weight is 399 g/mol. The first-order chi connectivity index (χ1) is 13.4. The zero-order valence-electron chi connectivity index (χ0n) is 15.6. The van der Waals surface area contributed by atoms with Crippen molar-refractivity contribution in [3.8, 4) is 0 Å². The minimum Gasteiger partial charge on any atom is -0.336 e. The van der Waals surface area contributed by atoms with E-state index in [0.29, 0.717) is 21.6 Å². The van der Waals surface area contributed by atoms with Crippen molar-refractivity contribution in [2.45, 2.75) is 32.9 Å². The summed E-state index contributed by atoms with van der Waals surface area (Å²) >= 11 is 1.41. The molecule has 3 aromatic rings. The number of benzene rings is 1. The van der Waals surface area contributed by atoms with E-state index in [9.17, 15) is 14.4 Å². The predicted octanol–water partition coefficient (Wildman–Crippen LogP) is 3.02. The van der Waals surface area contributed by atoms with Crippen molar-refractivity contribution in [2.24, 2.45) is 0 Å². The highest BCUT2D eigenvalue weighted by atomic mass is 32.1. The van der Waals surface area contributed by atoms with E-state index in [2.05, 4.69) is 20.9 Å². The van der Waals surface area contributed by atoms with Gasteiger partial charge in [-0.1, -0.05) is 0 Å². The first-order valence-corrected chi connectivity index (χ1v) is 9.70.